The smallest absolute Gasteiger partial charge is 0.338 e. The second-order valence-electron chi connectivity index (χ2n) is 6.69. The van der Waals surface area contributed by atoms with Crippen LogP contribution in [0.3, 0.4) is 0 Å². The molecule has 0 aliphatic rings. The normalized spacial score (nSPS) is 11.8. The number of thiophene rings is 1. The Morgan fingerprint density at radius 1 is 1.00 bits per heavy atom. The van der Waals surface area contributed by atoms with E-state index in [1.807, 2.05) is 31.4 Å². The zero-order chi connectivity index (χ0) is 20.8. The predicted octanol–water partition coefficient (Wildman–Crippen LogP) is 7.39. The fourth-order valence-electron chi connectivity index (χ4n) is 3.20. The molecule has 0 aliphatic heterocycles. The van der Waals surface area contributed by atoms with Crippen LogP contribution in [0.25, 0.3) is 21.3 Å². The molecule has 0 aliphatic carbocycles. The van der Waals surface area contributed by atoms with Gasteiger partial charge in [0.15, 0.2) is 0 Å². The summed E-state index contributed by atoms with van der Waals surface area (Å²) >= 11 is 7.59. The van der Waals surface area contributed by atoms with E-state index in [0.29, 0.717) is 11.5 Å². The second kappa shape index (κ2) is 7.31. The van der Waals surface area contributed by atoms with Crippen molar-refractivity contribution in [3.8, 4) is 11.1 Å². The molecule has 0 fully saturated rings. The molecule has 2 aromatic carbocycles. The lowest BCUT2D eigenvalue weighted by Gasteiger charge is -2.13. The summed E-state index contributed by atoms with van der Waals surface area (Å²) in [7, 11) is 0. The number of rotatable bonds is 3. The largest absolute Gasteiger partial charge is 0.416 e. The number of benzene rings is 2. The molecule has 8 heteroatoms. The van der Waals surface area contributed by atoms with E-state index in [1.54, 1.807) is 0 Å². The average Bonchev–Trinajstić information content (AvgIpc) is 3.07. The van der Waals surface area contributed by atoms with Crippen LogP contribution < -0.4 is 5.32 Å². The molecule has 0 radical (unpaired) electrons. The number of nitrogens with one attached hydrogen (secondary N) is 1. The zero-order valence-electron chi connectivity index (χ0n) is 15.4. The number of anilines is 2. The minimum atomic E-state index is -4.45. The SMILES string of the molecule is Cc1ccc(-c2csc3ncnc(Nc4ccc(C(F)(F)F)cc4Cl)c23)c(C)c1. The van der Waals surface area contributed by atoms with Crippen LogP contribution in [-0.2, 0) is 6.18 Å². The lowest BCUT2D eigenvalue weighted by atomic mass is 9.99. The van der Waals surface area contributed by atoms with Crippen molar-refractivity contribution in [3.63, 3.8) is 0 Å². The van der Waals surface area contributed by atoms with Gasteiger partial charge < -0.3 is 5.32 Å². The molecule has 0 unspecified atom stereocenters. The van der Waals surface area contributed by atoms with Crippen LogP contribution in [-0.4, -0.2) is 9.97 Å². The number of alkyl halides is 3. The third kappa shape index (κ3) is 3.80. The molecule has 0 saturated carbocycles. The molecule has 2 heterocycles. The summed E-state index contributed by atoms with van der Waals surface area (Å²) in [6, 6.07) is 9.39. The maximum atomic E-state index is 12.9. The Morgan fingerprint density at radius 2 is 1.79 bits per heavy atom. The lowest BCUT2D eigenvalue weighted by Crippen LogP contribution is -2.05. The summed E-state index contributed by atoms with van der Waals surface area (Å²) in [6.45, 7) is 4.07. The highest BCUT2D eigenvalue weighted by molar-refractivity contribution is 7.17. The number of halogens is 4. The van der Waals surface area contributed by atoms with Gasteiger partial charge in [0, 0.05) is 10.9 Å². The van der Waals surface area contributed by atoms with Gasteiger partial charge in [0.25, 0.3) is 0 Å². The zero-order valence-corrected chi connectivity index (χ0v) is 17.0. The third-order valence-corrected chi connectivity index (χ3v) is 5.79. The molecule has 0 bridgehead atoms. The summed E-state index contributed by atoms with van der Waals surface area (Å²) in [5.41, 5.74) is 3.85. The fourth-order valence-corrected chi connectivity index (χ4v) is 4.34. The van der Waals surface area contributed by atoms with Crippen molar-refractivity contribution in [3.05, 3.63) is 69.8 Å². The van der Waals surface area contributed by atoms with Crippen LogP contribution in [0, 0.1) is 13.8 Å². The summed E-state index contributed by atoms with van der Waals surface area (Å²) in [5, 5.41) is 5.86. The van der Waals surface area contributed by atoms with Crippen molar-refractivity contribution in [2.75, 3.05) is 5.32 Å². The van der Waals surface area contributed by atoms with E-state index in [2.05, 4.69) is 21.4 Å². The maximum absolute atomic E-state index is 12.9. The number of hydrogen-bond donors (Lipinski definition) is 1. The molecule has 4 aromatic rings. The van der Waals surface area contributed by atoms with Crippen molar-refractivity contribution in [1.29, 1.82) is 0 Å². The summed E-state index contributed by atoms with van der Waals surface area (Å²) < 4.78 is 38.7. The number of nitrogens with zero attached hydrogens (tertiary/aromatic N) is 2. The average molecular weight is 434 g/mol. The summed E-state index contributed by atoms with van der Waals surface area (Å²) in [4.78, 5) is 9.43. The highest BCUT2D eigenvalue weighted by Crippen LogP contribution is 2.40. The fraction of sp³-hybridized carbons (Fsp3) is 0.143. The van der Waals surface area contributed by atoms with Gasteiger partial charge in [0.2, 0.25) is 0 Å². The summed E-state index contributed by atoms with van der Waals surface area (Å²) in [6.07, 6.45) is -3.03. The van der Waals surface area contributed by atoms with Gasteiger partial charge in [-0.05, 0) is 43.2 Å². The molecule has 148 valence electrons. The van der Waals surface area contributed by atoms with Gasteiger partial charge >= 0.3 is 6.18 Å². The first-order valence-corrected chi connectivity index (χ1v) is 9.93. The van der Waals surface area contributed by atoms with Crippen molar-refractivity contribution >= 4 is 44.7 Å². The van der Waals surface area contributed by atoms with Gasteiger partial charge in [0.05, 0.1) is 21.7 Å². The molecule has 1 N–H and O–H groups in total. The van der Waals surface area contributed by atoms with Gasteiger partial charge in [-0.3, -0.25) is 0 Å². The third-order valence-electron chi connectivity index (χ3n) is 4.59. The van der Waals surface area contributed by atoms with E-state index >= 15 is 0 Å². The first kappa shape index (κ1) is 19.7. The van der Waals surface area contributed by atoms with E-state index in [-0.39, 0.29) is 5.02 Å². The number of aromatic nitrogens is 2. The van der Waals surface area contributed by atoms with Crippen molar-refractivity contribution < 1.29 is 13.2 Å². The van der Waals surface area contributed by atoms with E-state index in [1.165, 1.54) is 23.7 Å². The van der Waals surface area contributed by atoms with Crippen LogP contribution in [0.5, 0.6) is 0 Å². The highest BCUT2D eigenvalue weighted by atomic mass is 35.5. The van der Waals surface area contributed by atoms with E-state index < -0.39 is 11.7 Å². The van der Waals surface area contributed by atoms with Crippen LogP contribution in [0.1, 0.15) is 16.7 Å². The maximum Gasteiger partial charge on any atom is 0.416 e. The predicted molar refractivity (Wildman–Crippen MR) is 112 cm³/mol. The summed E-state index contributed by atoms with van der Waals surface area (Å²) in [5.74, 6) is 0.493. The van der Waals surface area contributed by atoms with Crippen LogP contribution in [0.2, 0.25) is 5.02 Å². The highest BCUT2D eigenvalue weighted by Gasteiger charge is 2.31. The van der Waals surface area contributed by atoms with Gasteiger partial charge in [-0.1, -0.05) is 35.4 Å². The standard InChI is InChI=1S/C21H15ClF3N3S/c1-11-3-5-14(12(2)7-11)15-9-29-20-18(15)19(26-10-27-20)28-17-6-4-13(8-16(17)22)21(23,24)25/h3-10H,1-2H3,(H,26,27,28). The quantitative estimate of drug-likeness (QED) is 0.366. The molecule has 0 amide bonds. The lowest BCUT2D eigenvalue weighted by molar-refractivity contribution is -0.137. The van der Waals surface area contributed by atoms with E-state index in [4.69, 9.17) is 11.6 Å². The van der Waals surface area contributed by atoms with E-state index in [0.717, 1.165) is 44.6 Å². The Bertz CT molecular complexity index is 1220. The molecular weight excluding hydrogens is 419 g/mol. The minimum Gasteiger partial charge on any atom is -0.338 e. The van der Waals surface area contributed by atoms with Crippen molar-refractivity contribution in [1.82, 2.24) is 9.97 Å². The minimum absolute atomic E-state index is 0.0325. The van der Waals surface area contributed by atoms with Crippen molar-refractivity contribution in [2.45, 2.75) is 20.0 Å². The Kier molecular flexibility index (Phi) is 4.96. The van der Waals surface area contributed by atoms with Crippen molar-refractivity contribution in [2.24, 2.45) is 0 Å². The topological polar surface area (TPSA) is 37.8 Å². The van der Waals surface area contributed by atoms with Crippen LogP contribution in [0.15, 0.2) is 48.1 Å². The molecular formula is C21H15ClF3N3S. The number of aryl methyl sites for hydroxylation is 2. The van der Waals surface area contributed by atoms with E-state index in [9.17, 15) is 13.2 Å². The first-order chi connectivity index (χ1) is 13.7. The Labute approximate surface area is 174 Å². The van der Waals surface area contributed by atoms with Crippen LogP contribution in [0.4, 0.5) is 24.7 Å². The number of fused-ring (bicyclic) bond motifs is 1. The molecule has 0 atom stereocenters. The number of hydrogen-bond acceptors (Lipinski definition) is 4. The monoisotopic (exact) mass is 433 g/mol. The Balaban J connectivity index is 1.80. The molecule has 0 spiro atoms. The molecule has 0 saturated heterocycles. The van der Waals surface area contributed by atoms with Gasteiger partial charge in [-0.15, -0.1) is 11.3 Å². The van der Waals surface area contributed by atoms with Gasteiger partial charge in [-0.2, -0.15) is 13.2 Å². The van der Waals surface area contributed by atoms with Crippen LogP contribution >= 0.6 is 22.9 Å². The van der Waals surface area contributed by atoms with Gasteiger partial charge in [0.1, 0.15) is 17.0 Å². The molecule has 4 rings (SSSR count). The Morgan fingerprint density at radius 3 is 2.48 bits per heavy atom. The Hall–Kier alpha value is -2.64. The molecule has 2 aromatic heterocycles. The first-order valence-electron chi connectivity index (χ1n) is 8.67. The second-order valence-corrected chi connectivity index (χ2v) is 7.95. The van der Waals surface area contributed by atoms with Gasteiger partial charge in [-0.25, -0.2) is 9.97 Å². The molecule has 29 heavy (non-hydrogen) atoms. The molecule has 3 nitrogen and oxygen atoms in total.